The highest BCUT2D eigenvalue weighted by molar-refractivity contribution is 9.10. The molecule has 0 bridgehead atoms. The average Bonchev–Trinajstić information content (AvgIpc) is 2.88. The summed E-state index contributed by atoms with van der Waals surface area (Å²) in [6, 6.07) is 25.6. The van der Waals surface area contributed by atoms with Crippen LogP contribution in [0.25, 0.3) is 0 Å². The van der Waals surface area contributed by atoms with Gasteiger partial charge in [-0.3, -0.25) is 9.59 Å². The second-order valence-corrected chi connectivity index (χ2v) is 11.0. The van der Waals surface area contributed by atoms with Crippen molar-refractivity contribution in [1.82, 2.24) is 10.2 Å². The van der Waals surface area contributed by atoms with Crippen molar-refractivity contribution in [3.8, 4) is 0 Å². The van der Waals surface area contributed by atoms with Gasteiger partial charge in [-0.1, -0.05) is 89.6 Å². The molecule has 3 rings (SSSR count). The van der Waals surface area contributed by atoms with Crippen molar-refractivity contribution in [3.63, 3.8) is 0 Å². The SMILES string of the molecule is CC[C@@H](C)NC(=O)[C@H](Cc1ccccc1)N(Cc1ccccc1C)C(=O)CSCc1ccc(Br)cc1. The van der Waals surface area contributed by atoms with Crippen LogP contribution in [0.3, 0.4) is 0 Å². The van der Waals surface area contributed by atoms with E-state index in [0.717, 1.165) is 38.9 Å². The van der Waals surface area contributed by atoms with Crippen molar-refractivity contribution in [1.29, 1.82) is 0 Å². The first-order valence-electron chi connectivity index (χ1n) is 12.4. The number of hydrogen-bond acceptors (Lipinski definition) is 3. The number of rotatable bonds is 12. The van der Waals surface area contributed by atoms with Crippen LogP contribution in [0.2, 0.25) is 0 Å². The molecule has 0 unspecified atom stereocenters. The largest absolute Gasteiger partial charge is 0.352 e. The van der Waals surface area contributed by atoms with Gasteiger partial charge in [-0.2, -0.15) is 0 Å². The fourth-order valence-electron chi connectivity index (χ4n) is 3.89. The third-order valence-electron chi connectivity index (χ3n) is 6.28. The molecule has 0 aliphatic carbocycles. The third-order valence-corrected chi connectivity index (χ3v) is 7.80. The molecule has 6 heteroatoms. The van der Waals surface area contributed by atoms with Crippen molar-refractivity contribution in [2.45, 2.75) is 58.0 Å². The summed E-state index contributed by atoms with van der Waals surface area (Å²) in [4.78, 5) is 29.0. The molecule has 0 saturated heterocycles. The Bertz CT molecular complexity index is 1120. The van der Waals surface area contributed by atoms with Gasteiger partial charge in [0.25, 0.3) is 0 Å². The third kappa shape index (κ3) is 8.52. The minimum Gasteiger partial charge on any atom is -0.352 e. The van der Waals surface area contributed by atoms with Gasteiger partial charge in [0.05, 0.1) is 5.75 Å². The lowest BCUT2D eigenvalue weighted by Crippen LogP contribution is -2.52. The smallest absolute Gasteiger partial charge is 0.243 e. The molecule has 2 atom stereocenters. The Hall–Kier alpha value is -2.57. The number of carbonyl (C=O) groups excluding carboxylic acids is 2. The molecule has 0 fully saturated rings. The van der Waals surface area contributed by atoms with Crippen molar-refractivity contribution < 1.29 is 9.59 Å². The molecule has 0 radical (unpaired) electrons. The summed E-state index contributed by atoms with van der Waals surface area (Å²) >= 11 is 5.05. The summed E-state index contributed by atoms with van der Waals surface area (Å²) in [5.41, 5.74) is 4.36. The van der Waals surface area contributed by atoms with Crippen LogP contribution in [0.1, 0.15) is 42.5 Å². The number of hydrogen-bond donors (Lipinski definition) is 1. The molecule has 3 aromatic carbocycles. The van der Waals surface area contributed by atoms with E-state index in [1.54, 1.807) is 16.7 Å². The second kappa shape index (κ2) is 14.2. The van der Waals surface area contributed by atoms with E-state index in [4.69, 9.17) is 0 Å². The predicted octanol–water partition coefficient (Wildman–Crippen LogP) is 6.55. The molecule has 190 valence electrons. The summed E-state index contributed by atoms with van der Waals surface area (Å²) in [5.74, 6) is 0.914. The Kier molecular flexibility index (Phi) is 11.1. The van der Waals surface area contributed by atoms with E-state index in [1.165, 1.54) is 0 Å². The van der Waals surface area contributed by atoms with Gasteiger partial charge in [-0.25, -0.2) is 0 Å². The van der Waals surface area contributed by atoms with Crippen molar-refractivity contribution >= 4 is 39.5 Å². The van der Waals surface area contributed by atoms with Crippen LogP contribution in [0.5, 0.6) is 0 Å². The quantitative estimate of drug-likeness (QED) is 0.270. The van der Waals surface area contributed by atoms with E-state index in [-0.39, 0.29) is 17.9 Å². The molecule has 4 nitrogen and oxygen atoms in total. The van der Waals surface area contributed by atoms with E-state index < -0.39 is 6.04 Å². The maximum Gasteiger partial charge on any atom is 0.243 e. The molecule has 0 heterocycles. The Morgan fingerprint density at radius 2 is 1.61 bits per heavy atom. The number of carbonyl (C=O) groups is 2. The fourth-order valence-corrected chi connectivity index (χ4v) is 5.02. The molecule has 2 amide bonds. The van der Waals surface area contributed by atoms with E-state index in [2.05, 4.69) is 33.4 Å². The molecular formula is C30H35BrN2O2S. The van der Waals surface area contributed by atoms with E-state index in [1.807, 2.05) is 87.5 Å². The van der Waals surface area contributed by atoms with Gasteiger partial charge in [0.15, 0.2) is 0 Å². The van der Waals surface area contributed by atoms with E-state index in [0.29, 0.717) is 18.7 Å². The minimum absolute atomic E-state index is 0.0272. The van der Waals surface area contributed by atoms with Crippen LogP contribution < -0.4 is 5.32 Å². The normalized spacial score (nSPS) is 12.6. The summed E-state index contributed by atoms with van der Waals surface area (Å²) in [7, 11) is 0. The van der Waals surface area contributed by atoms with Gasteiger partial charge in [0, 0.05) is 29.2 Å². The Morgan fingerprint density at radius 1 is 0.944 bits per heavy atom. The average molecular weight is 568 g/mol. The standard InChI is InChI=1S/C30H35BrN2O2S/c1-4-23(3)32-30(35)28(18-24-11-6-5-7-12-24)33(19-26-13-9-8-10-22(26)2)29(34)21-36-20-25-14-16-27(31)17-15-25/h5-17,23,28H,4,18-21H2,1-3H3,(H,32,35)/t23-,28+/m1/s1. The summed E-state index contributed by atoms with van der Waals surface area (Å²) < 4.78 is 1.04. The zero-order chi connectivity index (χ0) is 25.9. The molecular weight excluding hydrogens is 532 g/mol. The topological polar surface area (TPSA) is 49.4 Å². The molecule has 1 N–H and O–H groups in total. The maximum atomic E-state index is 13.7. The van der Waals surface area contributed by atoms with Gasteiger partial charge >= 0.3 is 0 Å². The molecule has 0 aliphatic rings. The van der Waals surface area contributed by atoms with E-state index in [9.17, 15) is 9.59 Å². The number of aryl methyl sites for hydroxylation is 1. The Labute approximate surface area is 228 Å². The summed E-state index contributed by atoms with van der Waals surface area (Å²) in [6.45, 7) is 6.49. The molecule has 0 aliphatic heterocycles. The van der Waals surface area contributed by atoms with Crippen LogP contribution in [0.4, 0.5) is 0 Å². The highest BCUT2D eigenvalue weighted by atomic mass is 79.9. The maximum absolute atomic E-state index is 13.7. The number of thioether (sulfide) groups is 1. The van der Waals surface area contributed by atoms with Crippen LogP contribution in [-0.2, 0) is 28.3 Å². The fraction of sp³-hybridized carbons (Fsp3) is 0.333. The first-order chi connectivity index (χ1) is 17.4. The second-order valence-electron chi connectivity index (χ2n) is 9.09. The van der Waals surface area contributed by atoms with Gasteiger partial charge in [0.2, 0.25) is 11.8 Å². The number of nitrogens with zero attached hydrogens (tertiary/aromatic N) is 1. The Balaban J connectivity index is 1.86. The number of amides is 2. The summed E-state index contributed by atoms with van der Waals surface area (Å²) in [6.07, 6.45) is 1.30. The van der Waals surface area contributed by atoms with Gasteiger partial charge in [-0.15, -0.1) is 11.8 Å². The van der Waals surface area contributed by atoms with Crippen molar-refractivity contribution in [2.75, 3.05) is 5.75 Å². The highest BCUT2D eigenvalue weighted by Crippen LogP contribution is 2.21. The first-order valence-corrected chi connectivity index (χ1v) is 14.3. The lowest BCUT2D eigenvalue weighted by Gasteiger charge is -2.32. The van der Waals surface area contributed by atoms with Crippen molar-refractivity contribution in [3.05, 3.63) is 106 Å². The van der Waals surface area contributed by atoms with Crippen LogP contribution in [0.15, 0.2) is 83.3 Å². The predicted molar refractivity (Wildman–Crippen MR) is 154 cm³/mol. The van der Waals surface area contributed by atoms with Crippen LogP contribution in [-0.4, -0.2) is 34.6 Å². The summed E-state index contributed by atoms with van der Waals surface area (Å²) in [5, 5.41) is 3.13. The zero-order valence-corrected chi connectivity index (χ0v) is 23.6. The first kappa shape index (κ1) is 28.0. The minimum atomic E-state index is -0.596. The molecule has 0 aromatic heterocycles. The van der Waals surface area contributed by atoms with Gasteiger partial charge in [-0.05, 0) is 54.7 Å². The van der Waals surface area contributed by atoms with Crippen LogP contribution >= 0.6 is 27.7 Å². The van der Waals surface area contributed by atoms with Crippen molar-refractivity contribution in [2.24, 2.45) is 0 Å². The zero-order valence-electron chi connectivity index (χ0n) is 21.2. The van der Waals surface area contributed by atoms with E-state index >= 15 is 0 Å². The number of halogens is 1. The molecule has 36 heavy (non-hydrogen) atoms. The van der Waals surface area contributed by atoms with Crippen LogP contribution in [0, 0.1) is 6.92 Å². The lowest BCUT2D eigenvalue weighted by atomic mass is 10.0. The number of benzene rings is 3. The highest BCUT2D eigenvalue weighted by Gasteiger charge is 2.31. The molecule has 0 saturated carbocycles. The molecule has 0 spiro atoms. The lowest BCUT2D eigenvalue weighted by molar-refractivity contribution is -0.139. The van der Waals surface area contributed by atoms with Gasteiger partial charge < -0.3 is 10.2 Å². The molecule has 3 aromatic rings. The monoisotopic (exact) mass is 566 g/mol. The Morgan fingerprint density at radius 3 is 2.28 bits per heavy atom. The number of nitrogens with one attached hydrogen (secondary N) is 1. The van der Waals surface area contributed by atoms with Gasteiger partial charge in [0.1, 0.15) is 6.04 Å².